The van der Waals surface area contributed by atoms with Crippen LogP contribution in [0.15, 0.2) is 18.3 Å². The van der Waals surface area contributed by atoms with Crippen molar-refractivity contribution in [3.05, 3.63) is 29.6 Å². The molecule has 21 heavy (non-hydrogen) atoms. The molecule has 1 saturated heterocycles. The second-order valence-corrected chi connectivity index (χ2v) is 4.57. The Morgan fingerprint density at radius 1 is 1.38 bits per heavy atom. The van der Waals surface area contributed by atoms with Gasteiger partial charge in [-0.3, -0.25) is 9.78 Å². The summed E-state index contributed by atoms with van der Waals surface area (Å²) >= 11 is 0. The van der Waals surface area contributed by atoms with Crippen molar-refractivity contribution >= 4 is 30.7 Å². The SMILES string of the molecule is Cl.Cl.NCC1CCN(C(=O)c2ccc(C(F)(F)F)cn2)C1. The lowest BCUT2D eigenvalue weighted by atomic mass is 10.1. The van der Waals surface area contributed by atoms with Gasteiger partial charge in [-0.15, -0.1) is 24.8 Å². The third kappa shape index (κ3) is 4.72. The molecule has 1 aliphatic heterocycles. The number of carbonyl (C=O) groups is 1. The molecule has 0 spiro atoms. The zero-order valence-corrected chi connectivity index (χ0v) is 12.6. The summed E-state index contributed by atoms with van der Waals surface area (Å²) in [6.45, 7) is 1.62. The summed E-state index contributed by atoms with van der Waals surface area (Å²) in [6, 6.07) is 1.98. The molecule has 9 heteroatoms. The number of hydrogen-bond donors (Lipinski definition) is 1. The Morgan fingerprint density at radius 3 is 2.48 bits per heavy atom. The highest BCUT2D eigenvalue weighted by atomic mass is 35.5. The number of halogens is 5. The number of amides is 1. The van der Waals surface area contributed by atoms with Crippen LogP contribution in [0, 0.1) is 5.92 Å². The van der Waals surface area contributed by atoms with E-state index in [1.54, 1.807) is 4.90 Å². The lowest BCUT2D eigenvalue weighted by Gasteiger charge is -2.16. The Labute approximate surface area is 132 Å². The van der Waals surface area contributed by atoms with E-state index in [2.05, 4.69) is 4.98 Å². The molecular weight excluding hydrogens is 330 g/mol. The molecule has 1 amide bonds. The Kier molecular flexibility index (Phi) is 7.43. The molecule has 1 atom stereocenters. The highest BCUT2D eigenvalue weighted by Gasteiger charge is 2.32. The van der Waals surface area contributed by atoms with Crippen LogP contribution >= 0.6 is 24.8 Å². The highest BCUT2D eigenvalue weighted by molar-refractivity contribution is 5.92. The molecule has 1 unspecified atom stereocenters. The Morgan fingerprint density at radius 2 is 2.05 bits per heavy atom. The molecule has 2 N–H and O–H groups in total. The summed E-state index contributed by atoms with van der Waals surface area (Å²) in [7, 11) is 0. The van der Waals surface area contributed by atoms with Crippen molar-refractivity contribution < 1.29 is 18.0 Å². The van der Waals surface area contributed by atoms with Crippen LogP contribution in [0.5, 0.6) is 0 Å². The number of nitrogens with zero attached hydrogens (tertiary/aromatic N) is 2. The molecule has 1 aromatic heterocycles. The standard InChI is InChI=1S/C12H14F3N3O.2ClH/c13-12(14,15)9-1-2-10(17-6-9)11(19)18-4-3-8(5-16)7-18;;/h1-2,6,8H,3-5,7,16H2;2*1H. The van der Waals surface area contributed by atoms with E-state index in [0.29, 0.717) is 25.8 Å². The van der Waals surface area contributed by atoms with Crippen LogP contribution in [0.25, 0.3) is 0 Å². The summed E-state index contributed by atoms with van der Waals surface area (Å²) in [5, 5.41) is 0. The fraction of sp³-hybridized carbons (Fsp3) is 0.500. The molecule has 4 nitrogen and oxygen atoms in total. The van der Waals surface area contributed by atoms with Gasteiger partial charge in [0.05, 0.1) is 5.56 Å². The first-order valence-corrected chi connectivity index (χ1v) is 5.94. The Bertz CT molecular complexity index is 468. The monoisotopic (exact) mass is 345 g/mol. The summed E-state index contributed by atoms with van der Waals surface area (Å²) in [4.78, 5) is 17.2. The van der Waals surface area contributed by atoms with Crippen molar-refractivity contribution in [2.24, 2.45) is 11.7 Å². The van der Waals surface area contributed by atoms with Crippen molar-refractivity contribution in [2.75, 3.05) is 19.6 Å². The van der Waals surface area contributed by atoms with Crippen molar-refractivity contribution in [3.63, 3.8) is 0 Å². The third-order valence-corrected chi connectivity index (χ3v) is 3.22. The van der Waals surface area contributed by atoms with E-state index in [9.17, 15) is 18.0 Å². The fourth-order valence-electron chi connectivity index (χ4n) is 2.06. The molecule has 0 saturated carbocycles. The Hall–Kier alpha value is -1.05. The van der Waals surface area contributed by atoms with Gasteiger partial charge >= 0.3 is 6.18 Å². The minimum absolute atomic E-state index is 0. The summed E-state index contributed by atoms with van der Waals surface area (Å²) < 4.78 is 37.1. The number of likely N-dealkylation sites (tertiary alicyclic amines) is 1. The number of nitrogens with two attached hydrogens (primary N) is 1. The van der Waals surface area contributed by atoms with E-state index in [0.717, 1.165) is 18.6 Å². The number of hydrogen-bond acceptors (Lipinski definition) is 3. The second-order valence-electron chi connectivity index (χ2n) is 4.57. The maximum absolute atomic E-state index is 12.4. The maximum atomic E-state index is 12.4. The first kappa shape index (κ1) is 19.9. The van der Waals surface area contributed by atoms with Crippen LogP contribution in [0.2, 0.25) is 0 Å². The zero-order chi connectivity index (χ0) is 14.0. The quantitative estimate of drug-likeness (QED) is 0.895. The van der Waals surface area contributed by atoms with Gasteiger partial charge in [0.15, 0.2) is 0 Å². The molecule has 0 aromatic carbocycles. The van der Waals surface area contributed by atoms with Crippen LogP contribution in [-0.2, 0) is 6.18 Å². The van der Waals surface area contributed by atoms with Gasteiger partial charge in [0.1, 0.15) is 5.69 Å². The Balaban J connectivity index is 0.00000200. The molecule has 0 bridgehead atoms. The van der Waals surface area contributed by atoms with Gasteiger partial charge in [-0.25, -0.2) is 0 Å². The molecule has 0 aliphatic carbocycles. The lowest BCUT2D eigenvalue weighted by molar-refractivity contribution is -0.137. The number of rotatable bonds is 2. The molecule has 2 heterocycles. The average molecular weight is 346 g/mol. The largest absolute Gasteiger partial charge is 0.417 e. The van der Waals surface area contributed by atoms with E-state index < -0.39 is 11.7 Å². The third-order valence-electron chi connectivity index (χ3n) is 3.22. The topological polar surface area (TPSA) is 59.2 Å². The summed E-state index contributed by atoms with van der Waals surface area (Å²) in [6.07, 6.45) is -2.93. The summed E-state index contributed by atoms with van der Waals surface area (Å²) in [5.74, 6) is -0.0805. The van der Waals surface area contributed by atoms with Crippen LogP contribution in [0.1, 0.15) is 22.5 Å². The van der Waals surface area contributed by atoms with Crippen LogP contribution in [-0.4, -0.2) is 35.4 Å². The van der Waals surface area contributed by atoms with E-state index >= 15 is 0 Å². The number of carbonyl (C=O) groups excluding carboxylic acids is 1. The molecule has 1 fully saturated rings. The van der Waals surface area contributed by atoms with Gasteiger partial charge < -0.3 is 10.6 Å². The van der Waals surface area contributed by atoms with Gasteiger partial charge in [0, 0.05) is 19.3 Å². The summed E-state index contributed by atoms with van der Waals surface area (Å²) in [5.41, 5.74) is 4.70. The van der Waals surface area contributed by atoms with Gasteiger partial charge in [-0.05, 0) is 31.0 Å². The maximum Gasteiger partial charge on any atom is 0.417 e. The van der Waals surface area contributed by atoms with Crippen LogP contribution < -0.4 is 5.73 Å². The average Bonchev–Trinajstić information content (AvgIpc) is 2.86. The van der Waals surface area contributed by atoms with E-state index in [1.165, 1.54) is 0 Å². The first-order valence-electron chi connectivity index (χ1n) is 5.94. The van der Waals surface area contributed by atoms with Crippen molar-refractivity contribution in [3.8, 4) is 0 Å². The van der Waals surface area contributed by atoms with E-state index in [4.69, 9.17) is 5.73 Å². The normalized spacial score (nSPS) is 17.9. The minimum Gasteiger partial charge on any atom is -0.337 e. The molecular formula is C12H16Cl2F3N3O. The van der Waals surface area contributed by atoms with Crippen molar-refractivity contribution in [2.45, 2.75) is 12.6 Å². The lowest BCUT2D eigenvalue weighted by Crippen LogP contribution is -2.30. The van der Waals surface area contributed by atoms with Gasteiger partial charge in [-0.1, -0.05) is 0 Å². The van der Waals surface area contributed by atoms with Gasteiger partial charge in [0.25, 0.3) is 5.91 Å². The highest BCUT2D eigenvalue weighted by Crippen LogP contribution is 2.28. The van der Waals surface area contributed by atoms with E-state index in [-0.39, 0.29) is 42.3 Å². The number of aromatic nitrogens is 1. The second kappa shape index (κ2) is 7.82. The van der Waals surface area contributed by atoms with Gasteiger partial charge in [-0.2, -0.15) is 13.2 Å². The molecule has 1 aliphatic rings. The first-order chi connectivity index (χ1) is 8.91. The number of alkyl halides is 3. The predicted octanol–water partition coefficient (Wildman–Crippen LogP) is 2.36. The van der Waals surface area contributed by atoms with Crippen LogP contribution in [0.3, 0.4) is 0 Å². The van der Waals surface area contributed by atoms with Crippen molar-refractivity contribution in [1.82, 2.24) is 9.88 Å². The smallest absolute Gasteiger partial charge is 0.337 e. The molecule has 0 radical (unpaired) electrons. The molecule has 120 valence electrons. The van der Waals surface area contributed by atoms with Crippen molar-refractivity contribution in [1.29, 1.82) is 0 Å². The molecule has 1 aromatic rings. The fourth-order valence-corrected chi connectivity index (χ4v) is 2.06. The van der Waals surface area contributed by atoms with E-state index in [1.807, 2.05) is 0 Å². The predicted molar refractivity (Wildman–Crippen MR) is 76.8 cm³/mol. The number of pyridine rings is 1. The molecule has 2 rings (SSSR count). The van der Waals surface area contributed by atoms with Crippen LogP contribution in [0.4, 0.5) is 13.2 Å². The van der Waals surface area contributed by atoms with Gasteiger partial charge in [0.2, 0.25) is 0 Å². The minimum atomic E-state index is -4.44. The zero-order valence-electron chi connectivity index (χ0n) is 11.0.